The van der Waals surface area contributed by atoms with Crippen LogP contribution in [0, 0.1) is 3.57 Å². The lowest BCUT2D eigenvalue weighted by Crippen LogP contribution is -1.98. The largest absolute Gasteiger partial charge is 0.497 e. The first-order chi connectivity index (χ1) is 6.06. The molecule has 0 radical (unpaired) electrons. The van der Waals surface area contributed by atoms with Crippen LogP contribution in [0.3, 0.4) is 0 Å². The highest BCUT2D eigenvalue weighted by Gasteiger charge is 2.11. The summed E-state index contributed by atoms with van der Waals surface area (Å²) in [6.45, 7) is 1.55. The summed E-state index contributed by atoms with van der Waals surface area (Å²) in [5.41, 5.74) is 0.710. The molecule has 1 rings (SSSR count). The predicted octanol–water partition coefficient (Wildman–Crippen LogP) is 3.26. The zero-order valence-electron chi connectivity index (χ0n) is 7.23. The number of methoxy groups -OCH3 is 1. The Morgan fingerprint density at radius 1 is 1.54 bits per heavy atom. The van der Waals surface area contributed by atoms with Gasteiger partial charge in [0.15, 0.2) is 5.78 Å². The Morgan fingerprint density at radius 3 is 2.54 bits per heavy atom. The molecule has 13 heavy (non-hydrogen) atoms. The van der Waals surface area contributed by atoms with E-state index in [4.69, 9.17) is 4.74 Å². The summed E-state index contributed by atoms with van der Waals surface area (Å²) in [6, 6.07) is 3.63. The zero-order valence-corrected chi connectivity index (χ0v) is 11.0. The van der Waals surface area contributed by atoms with E-state index in [1.54, 1.807) is 20.1 Å². The van der Waals surface area contributed by atoms with Gasteiger partial charge in [0.1, 0.15) is 5.75 Å². The summed E-state index contributed by atoms with van der Waals surface area (Å²) in [6.07, 6.45) is 0. The van der Waals surface area contributed by atoms with E-state index in [9.17, 15) is 4.79 Å². The van der Waals surface area contributed by atoms with Gasteiger partial charge in [-0.05, 0) is 57.6 Å². The van der Waals surface area contributed by atoms with Crippen molar-refractivity contribution in [3.63, 3.8) is 0 Å². The standard InChI is InChI=1S/C9H8BrIO2/c1-5(12)9-7(10)3-6(13-2)4-8(9)11/h3-4H,1-2H3. The second kappa shape index (κ2) is 4.41. The molecule has 0 aromatic heterocycles. The van der Waals surface area contributed by atoms with Gasteiger partial charge >= 0.3 is 0 Å². The maximum atomic E-state index is 11.2. The van der Waals surface area contributed by atoms with Crippen LogP contribution in [0.5, 0.6) is 5.75 Å². The summed E-state index contributed by atoms with van der Waals surface area (Å²) in [7, 11) is 1.60. The molecule has 0 amide bonds. The molecular weight excluding hydrogens is 347 g/mol. The van der Waals surface area contributed by atoms with Crippen LogP contribution in [-0.2, 0) is 0 Å². The van der Waals surface area contributed by atoms with Crippen molar-refractivity contribution in [2.75, 3.05) is 7.11 Å². The first-order valence-corrected chi connectivity index (χ1v) is 5.47. The Hall–Kier alpha value is -0.100. The van der Waals surface area contributed by atoms with Crippen LogP contribution in [-0.4, -0.2) is 12.9 Å². The molecule has 0 aliphatic rings. The number of carbonyl (C=O) groups is 1. The van der Waals surface area contributed by atoms with Crippen LogP contribution in [0.4, 0.5) is 0 Å². The van der Waals surface area contributed by atoms with Gasteiger partial charge in [-0.1, -0.05) is 0 Å². The third kappa shape index (κ3) is 2.43. The van der Waals surface area contributed by atoms with E-state index < -0.39 is 0 Å². The van der Waals surface area contributed by atoms with E-state index in [2.05, 4.69) is 38.5 Å². The Kier molecular flexibility index (Phi) is 3.73. The molecule has 0 unspecified atom stereocenters. The lowest BCUT2D eigenvalue weighted by atomic mass is 10.1. The van der Waals surface area contributed by atoms with Gasteiger partial charge in [0.25, 0.3) is 0 Å². The van der Waals surface area contributed by atoms with Crippen molar-refractivity contribution in [1.29, 1.82) is 0 Å². The monoisotopic (exact) mass is 354 g/mol. The van der Waals surface area contributed by atoms with Gasteiger partial charge in [-0.25, -0.2) is 0 Å². The smallest absolute Gasteiger partial charge is 0.162 e. The number of hydrogen-bond donors (Lipinski definition) is 0. The molecule has 0 bridgehead atoms. The summed E-state index contributed by atoms with van der Waals surface area (Å²) in [4.78, 5) is 11.2. The van der Waals surface area contributed by atoms with Gasteiger partial charge in [0.05, 0.1) is 7.11 Å². The second-order valence-corrected chi connectivity index (χ2v) is 4.54. The van der Waals surface area contributed by atoms with E-state index in [-0.39, 0.29) is 5.78 Å². The zero-order chi connectivity index (χ0) is 10.0. The Balaban J connectivity index is 3.31. The SMILES string of the molecule is COc1cc(Br)c(C(C)=O)c(I)c1. The fourth-order valence-corrected chi connectivity index (χ4v) is 3.07. The van der Waals surface area contributed by atoms with Crippen LogP contribution in [0.15, 0.2) is 16.6 Å². The van der Waals surface area contributed by atoms with Gasteiger partial charge in [-0.3, -0.25) is 4.79 Å². The number of carbonyl (C=O) groups excluding carboxylic acids is 1. The summed E-state index contributed by atoms with van der Waals surface area (Å²) < 4.78 is 6.75. The number of halogens is 2. The van der Waals surface area contributed by atoms with Crippen molar-refractivity contribution in [2.45, 2.75) is 6.92 Å². The van der Waals surface area contributed by atoms with E-state index in [0.29, 0.717) is 5.56 Å². The fourth-order valence-electron chi connectivity index (χ4n) is 1.00. The van der Waals surface area contributed by atoms with Gasteiger partial charge in [-0.15, -0.1) is 0 Å². The lowest BCUT2D eigenvalue weighted by molar-refractivity contribution is 0.101. The van der Waals surface area contributed by atoms with E-state index in [0.717, 1.165) is 13.8 Å². The van der Waals surface area contributed by atoms with E-state index in [1.165, 1.54) is 0 Å². The minimum absolute atomic E-state index is 0.0546. The first-order valence-electron chi connectivity index (χ1n) is 3.60. The molecule has 0 aliphatic carbocycles. The van der Waals surface area contributed by atoms with Crippen LogP contribution < -0.4 is 4.74 Å². The van der Waals surface area contributed by atoms with Crippen molar-refractivity contribution in [1.82, 2.24) is 0 Å². The average molecular weight is 355 g/mol. The second-order valence-electron chi connectivity index (χ2n) is 2.52. The Bertz CT molecular complexity index is 326. The van der Waals surface area contributed by atoms with E-state index >= 15 is 0 Å². The molecule has 0 saturated carbocycles. The van der Waals surface area contributed by atoms with Crippen LogP contribution in [0.2, 0.25) is 0 Å². The molecule has 0 N–H and O–H groups in total. The molecular formula is C9H8BrIO2. The molecule has 0 spiro atoms. The minimum Gasteiger partial charge on any atom is -0.497 e. The maximum Gasteiger partial charge on any atom is 0.162 e. The van der Waals surface area contributed by atoms with Gasteiger partial charge in [0, 0.05) is 13.6 Å². The van der Waals surface area contributed by atoms with Gasteiger partial charge in [0.2, 0.25) is 0 Å². The quantitative estimate of drug-likeness (QED) is 0.602. The number of ketones is 1. The number of benzene rings is 1. The first kappa shape index (κ1) is 11.0. The van der Waals surface area contributed by atoms with Gasteiger partial charge in [-0.2, -0.15) is 0 Å². The number of ether oxygens (including phenoxy) is 1. The Labute approximate surface area is 98.9 Å². The highest BCUT2D eigenvalue weighted by Crippen LogP contribution is 2.28. The molecule has 0 aliphatic heterocycles. The van der Waals surface area contributed by atoms with Crippen LogP contribution in [0.25, 0.3) is 0 Å². The summed E-state index contributed by atoms with van der Waals surface area (Å²) >= 11 is 5.45. The maximum absolute atomic E-state index is 11.2. The minimum atomic E-state index is 0.0546. The van der Waals surface area contributed by atoms with Crippen molar-refractivity contribution in [3.05, 3.63) is 25.7 Å². The highest BCUT2D eigenvalue weighted by molar-refractivity contribution is 14.1. The number of Topliss-reactive ketones (excluding diaryl/α,β-unsaturated/α-hetero) is 1. The summed E-state index contributed by atoms with van der Waals surface area (Å²) in [5, 5.41) is 0. The molecule has 0 saturated heterocycles. The van der Waals surface area contributed by atoms with E-state index in [1.807, 2.05) is 6.07 Å². The third-order valence-electron chi connectivity index (χ3n) is 1.60. The molecule has 0 fully saturated rings. The lowest BCUT2D eigenvalue weighted by Gasteiger charge is -2.06. The molecule has 0 atom stereocenters. The molecule has 1 aromatic rings. The Morgan fingerprint density at radius 2 is 2.15 bits per heavy atom. The predicted molar refractivity (Wildman–Crippen MR) is 63.4 cm³/mol. The van der Waals surface area contributed by atoms with Crippen molar-refractivity contribution >= 4 is 44.3 Å². The number of hydrogen-bond acceptors (Lipinski definition) is 2. The molecule has 2 nitrogen and oxygen atoms in total. The fraction of sp³-hybridized carbons (Fsp3) is 0.222. The van der Waals surface area contributed by atoms with Crippen LogP contribution >= 0.6 is 38.5 Å². The highest BCUT2D eigenvalue weighted by atomic mass is 127. The average Bonchev–Trinajstić information content (AvgIpc) is 2.02. The topological polar surface area (TPSA) is 26.3 Å². The molecule has 4 heteroatoms. The molecule has 1 aromatic carbocycles. The third-order valence-corrected chi connectivity index (χ3v) is 3.08. The van der Waals surface area contributed by atoms with Crippen LogP contribution in [0.1, 0.15) is 17.3 Å². The molecule has 70 valence electrons. The van der Waals surface area contributed by atoms with Crippen molar-refractivity contribution in [2.24, 2.45) is 0 Å². The number of rotatable bonds is 2. The van der Waals surface area contributed by atoms with Gasteiger partial charge < -0.3 is 4.74 Å². The van der Waals surface area contributed by atoms with Crippen molar-refractivity contribution < 1.29 is 9.53 Å². The normalized spacial score (nSPS) is 9.85. The van der Waals surface area contributed by atoms with Crippen molar-refractivity contribution in [3.8, 4) is 5.75 Å². The molecule has 0 heterocycles. The summed E-state index contributed by atoms with van der Waals surface area (Å²) in [5.74, 6) is 0.806.